The maximum atomic E-state index is 13.7. The second kappa shape index (κ2) is 7.40. The number of benzene rings is 1. The summed E-state index contributed by atoms with van der Waals surface area (Å²) in [4.78, 5) is 21.1. The Bertz CT molecular complexity index is 714. The smallest absolute Gasteiger partial charge is 0.257 e. The number of hydrogen-bond acceptors (Lipinski definition) is 4. The van der Waals surface area contributed by atoms with E-state index in [0.717, 1.165) is 38.4 Å². The number of carbonyl (C=O) groups is 1. The van der Waals surface area contributed by atoms with Crippen molar-refractivity contribution >= 4 is 17.3 Å². The molecule has 1 amide bonds. The number of likely N-dealkylation sites (N-methyl/N-ethyl adjacent to an activating group) is 1. The fraction of sp³-hybridized carbons (Fsp3) is 0.333. The first-order chi connectivity index (χ1) is 11.7. The van der Waals surface area contributed by atoms with Crippen LogP contribution in [0.4, 0.5) is 15.8 Å². The summed E-state index contributed by atoms with van der Waals surface area (Å²) in [5.41, 5.74) is 1.52. The van der Waals surface area contributed by atoms with Crippen LogP contribution in [0.3, 0.4) is 0 Å². The molecule has 2 aromatic rings. The van der Waals surface area contributed by atoms with E-state index in [1.165, 1.54) is 18.3 Å². The molecular weight excluding hydrogens is 307 g/mol. The molecule has 0 atom stereocenters. The Kier molecular flexibility index (Phi) is 5.05. The van der Waals surface area contributed by atoms with Gasteiger partial charge >= 0.3 is 0 Å². The van der Waals surface area contributed by atoms with Crippen molar-refractivity contribution in [1.82, 2.24) is 9.88 Å². The predicted molar refractivity (Wildman–Crippen MR) is 92.9 cm³/mol. The Morgan fingerprint density at radius 3 is 2.67 bits per heavy atom. The molecule has 1 saturated heterocycles. The number of piperazine rings is 1. The summed E-state index contributed by atoms with van der Waals surface area (Å²) >= 11 is 0. The van der Waals surface area contributed by atoms with E-state index in [0.29, 0.717) is 5.56 Å². The highest BCUT2D eigenvalue weighted by molar-refractivity contribution is 6.04. The lowest BCUT2D eigenvalue weighted by atomic mass is 10.2. The van der Waals surface area contributed by atoms with Crippen molar-refractivity contribution in [3.63, 3.8) is 0 Å². The van der Waals surface area contributed by atoms with Gasteiger partial charge in [-0.3, -0.25) is 9.78 Å². The summed E-state index contributed by atoms with van der Waals surface area (Å²) in [6, 6.07) is 7.93. The van der Waals surface area contributed by atoms with E-state index < -0.39 is 5.82 Å². The van der Waals surface area contributed by atoms with Crippen molar-refractivity contribution < 1.29 is 9.18 Å². The van der Waals surface area contributed by atoms with Gasteiger partial charge in [-0.1, -0.05) is 19.1 Å². The van der Waals surface area contributed by atoms with Crippen LogP contribution in [-0.2, 0) is 0 Å². The van der Waals surface area contributed by atoms with Gasteiger partial charge in [-0.25, -0.2) is 4.39 Å². The molecule has 0 unspecified atom stereocenters. The van der Waals surface area contributed by atoms with Gasteiger partial charge in [-0.15, -0.1) is 0 Å². The third-order valence-electron chi connectivity index (χ3n) is 4.29. The number of nitrogens with zero attached hydrogens (tertiary/aromatic N) is 3. The average molecular weight is 328 g/mol. The third-order valence-corrected chi connectivity index (χ3v) is 4.29. The van der Waals surface area contributed by atoms with Crippen LogP contribution < -0.4 is 10.2 Å². The highest BCUT2D eigenvalue weighted by Crippen LogP contribution is 2.19. The van der Waals surface area contributed by atoms with E-state index >= 15 is 0 Å². The van der Waals surface area contributed by atoms with Gasteiger partial charge in [0.25, 0.3) is 5.91 Å². The molecule has 3 rings (SSSR count). The molecule has 0 spiro atoms. The van der Waals surface area contributed by atoms with Crippen molar-refractivity contribution in [3.8, 4) is 0 Å². The number of amides is 1. The number of aromatic nitrogens is 1. The molecule has 1 N–H and O–H groups in total. The van der Waals surface area contributed by atoms with E-state index in [4.69, 9.17) is 0 Å². The summed E-state index contributed by atoms with van der Waals surface area (Å²) in [7, 11) is 0. The molecule has 1 fully saturated rings. The zero-order valence-electron chi connectivity index (χ0n) is 13.7. The molecular formula is C18H21FN4O. The standard InChI is InChI=1S/C18H21FN4O/c1-2-22-7-9-23(10-8-22)15-11-14(12-20-13-15)18(24)21-17-6-4-3-5-16(17)19/h3-6,11-13H,2,7-10H2,1H3,(H,21,24). The maximum Gasteiger partial charge on any atom is 0.257 e. The quantitative estimate of drug-likeness (QED) is 0.937. The molecule has 2 heterocycles. The first-order valence-electron chi connectivity index (χ1n) is 8.15. The lowest BCUT2D eigenvalue weighted by molar-refractivity contribution is 0.102. The zero-order valence-corrected chi connectivity index (χ0v) is 13.7. The summed E-state index contributed by atoms with van der Waals surface area (Å²) < 4.78 is 13.7. The van der Waals surface area contributed by atoms with Crippen LogP contribution >= 0.6 is 0 Å². The first kappa shape index (κ1) is 16.4. The fourth-order valence-electron chi connectivity index (χ4n) is 2.80. The van der Waals surface area contributed by atoms with E-state index in [1.54, 1.807) is 18.3 Å². The molecule has 0 saturated carbocycles. The van der Waals surface area contributed by atoms with Crippen LogP contribution in [-0.4, -0.2) is 48.5 Å². The molecule has 126 valence electrons. The van der Waals surface area contributed by atoms with Gasteiger partial charge in [0.1, 0.15) is 5.82 Å². The van der Waals surface area contributed by atoms with E-state index in [1.807, 2.05) is 6.07 Å². The second-order valence-corrected chi connectivity index (χ2v) is 5.79. The number of anilines is 2. The van der Waals surface area contributed by atoms with Crippen LogP contribution in [0, 0.1) is 5.82 Å². The normalized spacial score (nSPS) is 15.3. The van der Waals surface area contributed by atoms with Crippen LogP contribution in [0.1, 0.15) is 17.3 Å². The SMILES string of the molecule is CCN1CCN(c2cncc(C(=O)Nc3ccccc3F)c2)CC1. The summed E-state index contributed by atoms with van der Waals surface area (Å²) in [6.07, 6.45) is 3.27. The highest BCUT2D eigenvalue weighted by atomic mass is 19.1. The fourth-order valence-corrected chi connectivity index (χ4v) is 2.80. The molecule has 0 bridgehead atoms. The summed E-state index contributed by atoms with van der Waals surface area (Å²) in [6.45, 7) is 7.04. The Hall–Kier alpha value is -2.47. The Balaban J connectivity index is 1.71. The summed E-state index contributed by atoms with van der Waals surface area (Å²) in [5.74, 6) is -0.813. The minimum absolute atomic E-state index is 0.171. The minimum Gasteiger partial charge on any atom is -0.368 e. The van der Waals surface area contributed by atoms with Crippen LogP contribution in [0.25, 0.3) is 0 Å². The van der Waals surface area contributed by atoms with Crippen LogP contribution in [0.15, 0.2) is 42.7 Å². The van der Waals surface area contributed by atoms with Gasteiger partial charge < -0.3 is 15.1 Å². The Morgan fingerprint density at radius 1 is 1.21 bits per heavy atom. The number of carbonyl (C=O) groups excluding carboxylic acids is 1. The molecule has 24 heavy (non-hydrogen) atoms. The topological polar surface area (TPSA) is 48.5 Å². The maximum absolute atomic E-state index is 13.7. The van der Waals surface area contributed by atoms with Crippen molar-refractivity contribution in [2.24, 2.45) is 0 Å². The minimum atomic E-state index is -0.453. The average Bonchev–Trinajstić information content (AvgIpc) is 2.64. The zero-order chi connectivity index (χ0) is 16.9. The number of rotatable bonds is 4. The highest BCUT2D eigenvalue weighted by Gasteiger charge is 2.17. The van der Waals surface area contributed by atoms with Gasteiger partial charge in [0.05, 0.1) is 23.1 Å². The predicted octanol–water partition coefficient (Wildman–Crippen LogP) is 2.61. The molecule has 0 aliphatic carbocycles. The Labute approximate surface area is 141 Å². The van der Waals surface area contributed by atoms with E-state index in [2.05, 4.69) is 27.0 Å². The number of nitrogens with one attached hydrogen (secondary N) is 1. The molecule has 1 aliphatic heterocycles. The van der Waals surface area contributed by atoms with Crippen molar-refractivity contribution in [2.75, 3.05) is 42.9 Å². The lowest BCUT2D eigenvalue weighted by Crippen LogP contribution is -2.46. The largest absolute Gasteiger partial charge is 0.368 e. The molecule has 1 aliphatic rings. The molecule has 1 aromatic heterocycles. The van der Waals surface area contributed by atoms with Crippen LogP contribution in [0.2, 0.25) is 0 Å². The number of halogens is 1. The molecule has 0 radical (unpaired) electrons. The number of para-hydroxylation sites is 1. The first-order valence-corrected chi connectivity index (χ1v) is 8.15. The van der Waals surface area contributed by atoms with Crippen LogP contribution in [0.5, 0.6) is 0 Å². The van der Waals surface area contributed by atoms with Crippen molar-refractivity contribution in [1.29, 1.82) is 0 Å². The lowest BCUT2D eigenvalue weighted by Gasteiger charge is -2.35. The number of hydrogen-bond donors (Lipinski definition) is 1. The third kappa shape index (κ3) is 3.71. The number of pyridine rings is 1. The molecule has 5 nitrogen and oxygen atoms in total. The van der Waals surface area contributed by atoms with Crippen molar-refractivity contribution in [3.05, 3.63) is 54.1 Å². The van der Waals surface area contributed by atoms with Gasteiger partial charge in [0.15, 0.2) is 0 Å². The van der Waals surface area contributed by atoms with Gasteiger partial charge in [0, 0.05) is 32.4 Å². The summed E-state index contributed by atoms with van der Waals surface area (Å²) in [5, 5.41) is 2.59. The van der Waals surface area contributed by atoms with E-state index in [9.17, 15) is 9.18 Å². The van der Waals surface area contributed by atoms with Gasteiger partial charge in [-0.2, -0.15) is 0 Å². The monoisotopic (exact) mass is 328 g/mol. The van der Waals surface area contributed by atoms with Gasteiger partial charge in [0.2, 0.25) is 0 Å². The van der Waals surface area contributed by atoms with Crippen molar-refractivity contribution in [2.45, 2.75) is 6.92 Å². The Morgan fingerprint density at radius 2 is 1.96 bits per heavy atom. The molecule has 1 aromatic carbocycles. The second-order valence-electron chi connectivity index (χ2n) is 5.79. The molecule has 6 heteroatoms. The van der Waals surface area contributed by atoms with E-state index in [-0.39, 0.29) is 11.6 Å². The van der Waals surface area contributed by atoms with Gasteiger partial charge in [-0.05, 0) is 24.7 Å².